The fourth-order valence-electron chi connectivity index (χ4n) is 3.90. The number of benzene rings is 1. The highest BCUT2D eigenvalue weighted by Crippen LogP contribution is 2.36. The van der Waals surface area contributed by atoms with Gasteiger partial charge < -0.3 is 10.2 Å². The van der Waals surface area contributed by atoms with Gasteiger partial charge in [0.15, 0.2) is 0 Å². The monoisotopic (exact) mass is 286 g/mol. The molecule has 1 saturated heterocycles. The van der Waals surface area contributed by atoms with Crippen LogP contribution in [0.2, 0.25) is 0 Å². The summed E-state index contributed by atoms with van der Waals surface area (Å²) >= 11 is 0. The van der Waals surface area contributed by atoms with Crippen LogP contribution in [0.3, 0.4) is 0 Å². The van der Waals surface area contributed by atoms with Crippen LogP contribution in [-0.2, 0) is 0 Å². The van der Waals surface area contributed by atoms with E-state index >= 15 is 0 Å². The molecule has 0 aromatic heterocycles. The first kappa shape index (κ1) is 15.1. The van der Waals surface area contributed by atoms with E-state index in [1.165, 1.54) is 45.3 Å². The topological polar surface area (TPSA) is 15.3 Å². The van der Waals surface area contributed by atoms with E-state index in [1.54, 1.807) is 11.1 Å². The maximum absolute atomic E-state index is 3.82. The lowest BCUT2D eigenvalue weighted by Crippen LogP contribution is -2.39. The number of hydrogen-bond donors (Lipinski definition) is 1. The third-order valence-corrected chi connectivity index (χ3v) is 5.49. The number of hydrogen-bond acceptors (Lipinski definition) is 2. The molecule has 1 aliphatic carbocycles. The van der Waals surface area contributed by atoms with Crippen molar-refractivity contribution in [2.24, 2.45) is 5.92 Å². The molecule has 0 radical (unpaired) electrons. The first-order valence-corrected chi connectivity index (χ1v) is 8.78. The van der Waals surface area contributed by atoms with Gasteiger partial charge in [-0.25, -0.2) is 0 Å². The van der Waals surface area contributed by atoms with Crippen LogP contribution in [-0.4, -0.2) is 31.1 Å². The molecule has 2 aliphatic rings. The average molecular weight is 286 g/mol. The molecule has 2 heteroatoms. The Morgan fingerprint density at radius 1 is 1.00 bits per heavy atom. The van der Waals surface area contributed by atoms with Gasteiger partial charge in [-0.15, -0.1) is 0 Å². The largest absolute Gasteiger partial charge is 0.309 e. The Balaban J connectivity index is 1.51. The maximum Gasteiger partial charge on any atom is 0.0323 e. The lowest BCUT2D eigenvalue weighted by atomic mass is 9.81. The van der Waals surface area contributed by atoms with Crippen LogP contribution in [0, 0.1) is 5.92 Å². The Bertz CT molecular complexity index is 449. The molecule has 2 nitrogen and oxygen atoms in total. The van der Waals surface area contributed by atoms with Crippen LogP contribution in [0.5, 0.6) is 0 Å². The Labute approximate surface area is 129 Å². The molecular weight excluding hydrogens is 256 g/mol. The van der Waals surface area contributed by atoms with Crippen molar-refractivity contribution in [2.75, 3.05) is 26.2 Å². The van der Waals surface area contributed by atoms with Crippen LogP contribution in [0.15, 0.2) is 24.3 Å². The van der Waals surface area contributed by atoms with Gasteiger partial charge in [0, 0.05) is 19.1 Å². The van der Waals surface area contributed by atoms with Gasteiger partial charge in [-0.3, -0.25) is 0 Å². The fourth-order valence-corrected chi connectivity index (χ4v) is 3.90. The zero-order valence-electron chi connectivity index (χ0n) is 13.6. The molecule has 1 aromatic rings. The summed E-state index contributed by atoms with van der Waals surface area (Å²) in [7, 11) is 0. The Hall–Kier alpha value is -0.860. The van der Waals surface area contributed by atoms with Crippen LogP contribution < -0.4 is 5.32 Å². The number of nitrogens with zero attached hydrogens (tertiary/aromatic N) is 1. The molecule has 1 heterocycles. The summed E-state index contributed by atoms with van der Waals surface area (Å²) in [4.78, 5) is 2.63. The molecule has 0 amide bonds. The van der Waals surface area contributed by atoms with Gasteiger partial charge in [0.05, 0.1) is 0 Å². The number of piperidine rings is 1. The van der Waals surface area contributed by atoms with E-state index in [1.807, 2.05) is 0 Å². The summed E-state index contributed by atoms with van der Waals surface area (Å²) in [6, 6.07) is 9.59. The molecule has 116 valence electrons. The molecule has 0 saturated carbocycles. The smallest absolute Gasteiger partial charge is 0.0323 e. The molecule has 1 N–H and O–H groups in total. The lowest BCUT2D eigenvalue weighted by Gasteiger charge is -2.33. The minimum Gasteiger partial charge on any atom is -0.309 e. The van der Waals surface area contributed by atoms with Crippen molar-refractivity contribution in [1.82, 2.24) is 10.2 Å². The number of nitrogens with one attached hydrogen (secondary N) is 1. The maximum atomic E-state index is 3.82. The molecule has 2 unspecified atom stereocenters. The number of rotatable bonds is 4. The Morgan fingerprint density at radius 2 is 1.71 bits per heavy atom. The molecule has 1 aliphatic heterocycles. The number of likely N-dealkylation sites (tertiary alicyclic amines) is 1. The third-order valence-electron chi connectivity index (χ3n) is 5.49. The molecule has 2 atom stereocenters. The molecule has 1 fully saturated rings. The van der Waals surface area contributed by atoms with E-state index in [9.17, 15) is 0 Å². The van der Waals surface area contributed by atoms with E-state index in [2.05, 4.69) is 48.3 Å². The summed E-state index contributed by atoms with van der Waals surface area (Å²) in [6.45, 7) is 9.67. The minimum atomic E-state index is 0.570. The van der Waals surface area contributed by atoms with Crippen molar-refractivity contribution in [3.05, 3.63) is 35.4 Å². The highest BCUT2D eigenvalue weighted by Gasteiger charge is 2.24. The van der Waals surface area contributed by atoms with Gasteiger partial charge in [-0.05, 0) is 61.7 Å². The van der Waals surface area contributed by atoms with Crippen molar-refractivity contribution in [3.63, 3.8) is 0 Å². The quantitative estimate of drug-likeness (QED) is 0.901. The van der Waals surface area contributed by atoms with E-state index in [0.29, 0.717) is 6.04 Å². The van der Waals surface area contributed by atoms with Gasteiger partial charge in [0.2, 0.25) is 0 Å². The van der Waals surface area contributed by atoms with Crippen LogP contribution in [0.1, 0.15) is 62.6 Å². The van der Waals surface area contributed by atoms with Gasteiger partial charge in [0.25, 0.3) is 0 Å². The zero-order chi connectivity index (χ0) is 14.7. The molecule has 3 rings (SSSR count). The predicted octanol–water partition coefficient (Wildman–Crippen LogP) is 3.95. The third kappa shape index (κ3) is 3.67. The number of fused-ring (bicyclic) bond motifs is 1. The second-order valence-electron chi connectivity index (χ2n) is 7.14. The zero-order valence-corrected chi connectivity index (χ0v) is 13.6. The van der Waals surface area contributed by atoms with Crippen molar-refractivity contribution in [2.45, 2.75) is 51.5 Å². The van der Waals surface area contributed by atoms with E-state index in [0.717, 1.165) is 18.4 Å². The Morgan fingerprint density at radius 3 is 2.48 bits per heavy atom. The summed E-state index contributed by atoms with van der Waals surface area (Å²) in [5.74, 6) is 1.66. The van der Waals surface area contributed by atoms with Crippen LogP contribution in [0.4, 0.5) is 0 Å². The summed E-state index contributed by atoms with van der Waals surface area (Å²) in [5, 5.41) is 3.82. The highest BCUT2D eigenvalue weighted by molar-refractivity contribution is 5.34. The van der Waals surface area contributed by atoms with E-state index in [-0.39, 0.29) is 0 Å². The van der Waals surface area contributed by atoms with Gasteiger partial charge in [-0.2, -0.15) is 0 Å². The summed E-state index contributed by atoms with van der Waals surface area (Å²) in [5.41, 5.74) is 3.11. The van der Waals surface area contributed by atoms with E-state index in [4.69, 9.17) is 0 Å². The van der Waals surface area contributed by atoms with Crippen LogP contribution in [0.25, 0.3) is 0 Å². The predicted molar refractivity (Wildman–Crippen MR) is 89.7 cm³/mol. The minimum absolute atomic E-state index is 0.570. The van der Waals surface area contributed by atoms with E-state index < -0.39 is 0 Å². The first-order chi connectivity index (χ1) is 10.2. The Kier molecular flexibility index (Phi) is 4.97. The molecule has 1 aromatic carbocycles. The second kappa shape index (κ2) is 6.93. The van der Waals surface area contributed by atoms with Gasteiger partial charge in [0.1, 0.15) is 0 Å². The average Bonchev–Trinajstić information content (AvgIpc) is 2.52. The first-order valence-electron chi connectivity index (χ1n) is 8.78. The van der Waals surface area contributed by atoms with Crippen molar-refractivity contribution >= 4 is 0 Å². The van der Waals surface area contributed by atoms with Crippen molar-refractivity contribution in [3.8, 4) is 0 Å². The molecule has 0 bridgehead atoms. The normalized spacial score (nSPS) is 27.5. The van der Waals surface area contributed by atoms with Crippen molar-refractivity contribution in [1.29, 1.82) is 0 Å². The summed E-state index contributed by atoms with van der Waals surface area (Å²) in [6.07, 6.45) is 5.36. The second-order valence-corrected chi connectivity index (χ2v) is 7.14. The van der Waals surface area contributed by atoms with Crippen LogP contribution >= 0.6 is 0 Å². The lowest BCUT2D eigenvalue weighted by molar-refractivity contribution is 0.190. The molecule has 0 spiro atoms. The molecular formula is C19H30N2. The fraction of sp³-hybridized carbons (Fsp3) is 0.684. The van der Waals surface area contributed by atoms with Gasteiger partial charge in [-0.1, -0.05) is 38.1 Å². The SMILES string of the molecule is CC1CCN(CCNC2CCC(C)c3ccccc32)CC1. The summed E-state index contributed by atoms with van der Waals surface area (Å²) < 4.78 is 0. The molecule has 21 heavy (non-hydrogen) atoms. The van der Waals surface area contributed by atoms with Crippen molar-refractivity contribution < 1.29 is 0 Å². The highest BCUT2D eigenvalue weighted by atomic mass is 15.1. The van der Waals surface area contributed by atoms with Gasteiger partial charge >= 0.3 is 0 Å². The standard InChI is InChI=1S/C19H30N2/c1-15-9-12-21(13-10-15)14-11-20-19-8-7-16(2)17-5-3-4-6-18(17)19/h3-6,15-16,19-20H,7-14H2,1-2H3.